The minimum atomic E-state index is -3.52. The number of sulfonamides is 1. The van der Waals surface area contributed by atoms with Gasteiger partial charge in [0.15, 0.2) is 0 Å². The Hall–Kier alpha value is -1.70. The van der Waals surface area contributed by atoms with E-state index in [4.69, 9.17) is 4.42 Å². The smallest absolute Gasteiger partial charge is 0.276 e. The number of hydrogen-bond acceptors (Lipinski definition) is 4. The summed E-state index contributed by atoms with van der Waals surface area (Å²) in [5.74, 6) is 0.310. The molecular weight excluding hydrogens is 331 g/mol. The molecule has 0 amide bonds. The molecule has 0 unspecified atom stereocenters. The fourth-order valence-electron chi connectivity index (χ4n) is 2.91. The number of rotatable bonds is 6. The Morgan fingerprint density at radius 1 is 1.17 bits per heavy atom. The van der Waals surface area contributed by atoms with Crippen LogP contribution in [-0.4, -0.2) is 37.8 Å². The molecule has 0 saturated carbocycles. The highest BCUT2D eigenvalue weighted by Crippen LogP contribution is 2.23. The molecule has 1 aromatic carbocycles. The molecule has 24 heavy (non-hydrogen) atoms. The van der Waals surface area contributed by atoms with Crippen molar-refractivity contribution < 1.29 is 17.2 Å². The van der Waals surface area contributed by atoms with E-state index in [9.17, 15) is 12.8 Å². The van der Waals surface area contributed by atoms with Crippen LogP contribution in [0.25, 0.3) is 0 Å². The van der Waals surface area contributed by atoms with E-state index in [1.54, 1.807) is 12.1 Å². The zero-order chi connectivity index (χ0) is 17.2. The van der Waals surface area contributed by atoms with Gasteiger partial charge in [-0.2, -0.15) is 4.31 Å². The van der Waals surface area contributed by atoms with Crippen molar-refractivity contribution in [1.82, 2.24) is 9.21 Å². The Morgan fingerprint density at radius 3 is 2.62 bits per heavy atom. The van der Waals surface area contributed by atoms with Crippen molar-refractivity contribution in [1.29, 1.82) is 0 Å². The van der Waals surface area contributed by atoms with Crippen molar-refractivity contribution in [3.05, 3.63) is 53.5 Å². The van der Waals surface area contributed by atoms with Gasteiger partial charge in [0, 0.05) is 19.6 Å². The van der Waals surface area contributed by atoms with Crippen molar-refractivity contribution in [3.63, 3.8) is 0 Å². The number of hydrogen-bond donors (Lipinski definition) is 0. The van der Waals surface area contributed by atoms with E-state index in [1.165, 1.54) is 22.5 Å². The fourth-order valence-corrected chi connectivity index (χ4v) is 4.35. The van der Waals surface area contributed by atoms with Gasteiger partial charge in [0.05, 0.1) is 6.54 Å². The molecule has 130 valence electrons. The molecule has 1 fully saturated rings. The van der Waals surface area contributed by atoms with E-state index >= 15 is 0 Å². The lowest BCUT2D eigenvalue weighted by molar-refractivity contribution is 0.273. The molecule has 7 heteroatoms. The summed E-state index contributed by atoms with van der Waals surface area (Å²) < 4.78 is 45.1. The van der Waals surface area contributed by atoms with E-state index < -0.39 is 10.0 Å². The van der Waals surface area contributed by atoms with Gasteiger partial charge >= 0.3 is 0 Å². The maximum Gasteiger partial charge on any atom is 0.276 e. The van der Waals surface area contributed by atoms with Crippen LogP contribution in [0.2, 0.25) is 0 Å². The van der Waals surface area contributed by atoms with Crippen molar-refractivity contribution in [3.8, 4) is 0 Å². The Bertz CT molecular complexity index is 798. The summed E-state index contributed by atoms with van der Waals surface area (Å²) in [5, 5.41) is -0.00134. The molecule has 1 aliphatic rings. The molecule has 0 radical (unpaired) electrons. The zero-order valence-corrected chi connectivity index (χ0v) is 14.4. The standard InChI is InChI=1S/C17H21FN2O3S/c1-19(12-14-5-4-6-15(18)11-14)13-16-7-8-17(23-16)24(21,22)20-9-2-3-10-20/h4-8,11H,2-3,9-10,12-13H2,1H3. The second-order valence-corrected chi connectivity index (χ2v) is 8.00. The monoisotopic (exact) mass is 352 g/mol. The second kappa shape index (κ2) is 7.04. The summed E-state index contributed by atoms with van der Waals surface area (Å²) in [4.78, 5) is 1.94. The quantitative estimate of drug-likeness (QED) is 0.802. The molecule has 0 atom stereocenters. The molecule has 1 saturated heterocycles. The van der Waals surface area contributed by atoms with Crippen LogP contribution in [0, 0.1) is 5.82 Å². The molecule has 2 heterocycles. The predicted octanol–water partition coefficient (Wildman–Crippen LogP) is 2.84. The van der Waals surface area contributed by atoms with Gasteiger partial charge in [-0.05, 0) is 49.7 Å². The number of halogens is 1. The van der Waals surface area contributed by atoms with Crippen LogP contribution < -0.4 is 0 Å². The van der Waals surface area contributed by atoms with Crippen molar-refractivity contribution in [2.75, 3.05) is 20.1 Å². The minimum Gasteiger partial charge on any atom is -0.447 e. The van der Waals surface area contributed by atoms with Gasteiger partial charge in [0.2, 0.25) is 5.09 Å². The molecule has 0 bridgehead atoms. The summed E-state index contributed by atoms with van der Waals surface area (Å²) in [6.07, 6.45) is 1.78. The summed E-state index contributed by atoms with van der Waals surface area (Å²) in [7, 11) is -1.64. The first-order chi connectivity index (χ1) is 11.4. The molecule has 1 aromatic heterocycles. The van der Waals surface area contributed by atoms with Gasteiger partial charge in [-0.15, -0.1) is 0 Å². The van der Waals surface area contributed by atoms with Gasteiger partial charge in [-0.25, -0.2) is 12.8 Å². The fraction of sp³-hybridized carbons (Fsp3) is 0.412. The normalized spacial score (nSPS) is 16.1. The molecule has 0 aliphatic carbocycles. The molecule has 1 aliphatic heterocycles. The van der Waals surface area contributed by atoms with Gasteiger partial charge in [0.1, 0.15) is 11.6 Å². The van der Waals surface area contributed by atoms with E-state index in [-0.39, 0.29) is 10.9 Å². The Morgan fingerprint density at radius 2 is 1.92 bits per heavy atom. The van der Waals surface area contributed by atoms with Gasteiger partial charge in [0.25, 0.3) is 10.0 Å². The first kappa shape index (κ1) is 17.1. The van der Waals surface area contributed by atoms with E-state index in [0.717, 1.165) is 18.4 Å². The average molecular weight is 352 g/mol. The van der Waals surface area contributed by atoms with Crippen molar-refractivity contribution >= 4 is 10.0 Å². The van der Waals surface area contributed by atoms with Crippen LogP contribution in [0.1, 0.15) is 24.2 Å². The van der Waals surface area contributed by atoms with E-state index in [2.05, 4.69) is 0 Å². The Balaban J connectivity index is 1.65. The first-order valence-electron chi connectivity index (χ1n) is 7.97. The number of benzene rings is 1. The number of furan rings is 1. The highest BCUT2D eigenvalue weighted by Gasteiger charge is 2.29. The maximum absolute atomic E-state index is 13.2. The molecule has 0 N–H and O–H groups in total. The van der Waals surface area contributed by atoms with Crippen LogP contribution in [-0.2, 0) is 23.1 Å². The highest BCUT2D eigenvalue weighted by atomic mass is 32.2. The van der Waals surface area contributed by atoms with Crippen LogP contribution in [0.15, 0.2) is 45.9 Å². The third-order valence-corrected chi connectivity index (χ3v) is 5.84. The first-order valence-corrected chi connectivity index (χ1v) is 9.41. The van der Waals surface area contributed by atoms with Crippen LogP contribution in [0.5, 0.6) is 0 Å². The average Bonchev–Trinajstić information content (AvgIpc) is 3.18. The molecule has 0 spiro atoms. The second-order valence-electron chi connectivity index (χ2n) is 6.13. The van der Waals surface area contributed by atoms with Crippen LogP contribution in [0.3, 0.4) is 0 Å². The highest BCUT2D eigenvalue weighted by molar-refractivity contribution is 7.89. The van der Waals surface area contributed by atoms with Crippen molar-refractivity contribution in [2.24, 2.45) is 0 Å². The van der Waals surface area contributed by atoms with Gasteiger partial charge < -0.3 is 4.42 Å². The molecule has 2 aromatic rings. The van der Waals surface area contributed by atoms with Gasteiger partial charge in [-0.1, -0.05) is 12.1 Å². The lowest BCUT2D eigenvalue weighted by Crippen LogP contribution is -2.27. The van der Waals surface area contributed by atoms with Crippen LogP contribution in [0.4, 0.5) is 4.39 Å². The summed E-state index contributed by atoms with van der Waals surface area (Å²) in [6, 6.07) is 9.62. The maximum atomic E-state index is 13.2. The van der Waals surface area contributed by atoms with Crippen molar-refractivity contribution in [2.45, 2.75) is 31.0 Å². The zero-order valence-electron chi connectivity index (χ0n) is 13.6. The molecule has 5 nitrogen and oxygen atoms in total. The lowest BCUT2D eigenvalue weighted by Gasteiger charge is -2.15. The SMILES string of the molecule is CN(Cc1cccc(F)c1)Cc1ccc(S(=O)(=O)N2CCCC2)o1. The number of nitrogens with zero attached hydrogens (tertiary/aromatic N) is 2. The third kappa shape index (κ3) is 3.85. The summed E-state index contributed by atoms with van der Waals surface area (Å²) in [6.45, 7) is 2.11. The predicted molar refractivity (Wildman–Crippen MR) is 88.3 cm³/mol. The van der Waals surface area contributed by atoms with E-state index in [1.807, 2.05) is 18.0 Å². The molecule has 3 rings (SSSR count). The Kier molecular flexibility index (Phi) is 5.03. The topological polar surface area (TPSA) is 53.8 Å². The Labute approximate surface area is 141 Å². The summed E-state index contributed by atoms with van der Waals surface area (Å²) >= 11 is 0. The van der Waals surface area contributed by atoms with Gasteiger partial charge in [-0.3, -0.25) is 4.90 Å². The minimum absolute atomic E-state index is 0.00134. The third-order valence-electron chi connectivity index (χ3n) is 4.06. The molecular formula is C17H21FN2O3S. The summed E-state index contributed by atoms with van der Waals surface area (Å²) in [5.41, 5.74) is 0.856. The lowest BCUT2D eigenvalue weighted by atomic mass is 10.2. The van der Waals surface area contributed by atoms with E-state index in [0.29, 0.717) is 31.9 Å². The largest absolute Gasteiger partial charge is 0.447 e. The van der Waals surface area contributed by atoms with Crippen LogP contribution >= 0.6 is 0 Å².